The number of nitrogens with zero attached hydrogens (tertiary/aromatic N) is 3. The fourth-order valence-corrected chi connectivity index (χ4v) is 4.51. The van der Waals surface area contributed by atoms with Crippen molar-refractivity contribution in [3.05, 3.63) is 18.5 Å². The third-order valence-corrected chi connectivity index (χ3v) is 6.67. The number of piperidine rings is 1. The first-order valence-corrected chi connectivity index (χ1v) is 10.3. The standard InChI is InChI=1S/C15H24N4O3S.CH2O2/c1-2-23(20,21)19-9-5-15(6-10-19)12-13(4-11-22-15)18-14-16-7-3-8-17-14;2-1-3/h3,7-8,13H,2,4-6,9-12H2,1H3,(H,16,17,18);1H,(H,2,3). The van der Waals surface area contributed by atoms with E-state index in [9.17, 15) is 8.42 Å². The van der Waals surface area contributed by atoms with Crippen LogP contribution in [-0.4, -0.2) is 71.4 Å². The molecule has 3 rings (SSSR count). The molecular formula is C16H26N4O5S. The van der Waals surface area contributed by atoms with E-state index in [1.807, 2.05) is 0 Å². The highest BCUT2D eigenvalue weighted by atomic mass is 32.2. The number of anilines is 1. The van der Waals surface area contributed by atoms with Crippen LogP contribution in [0.15, 0.2) is 18.5 Å². The van der Waals surface area contributed by atoms with Gasteiger partial charge in [-0.05, 0) is 38.7 Å². The molecule has 0 saturated carbocycles. The van der Waals surface area contributed by atoms with Gasteiger partial charge in [-0.15, -0.1) is 0 Å². The van der Waals surface area contributed by atoms with Crippen LogP contribution in [0.25, 0.3) is 0 Å². The lowest BCUT2D eigenvalue weighted by Crippen LogP contribution is -2.52. The zero-order valence-electron chi connectivity index (χ0n) is 14.9. The highest BCUT2D eigenvalue weighted by Gasteiger charge is 2.42. The van der Waals surface area contributed by atoms with Gasteiger partial charge in [0, 0.05) is 38.1 Å². The second-order valence-corrected chi connectivity index (χ2v) is 8.60. The first kappa shape index (κ1) is 20.5. The summed E-state index contributed by atoms with van der Waals surface area (Å²) in [5.41, 5.74) is -0.218. The lowest BCUT2D eigenvalue weighted by atomic mass is 9.83. The molecule has 2 saturated heterocycles. The van der Waals surface area contributed by atoms with E-state index in [1.54, 1.807) is 29.7 Å². The van der Waals surface area contributed by atoms with Crippen LogP contribution in [-0.2, 0) is 19.6 Å². The van der Waals surface area contributed by atoms with Crippen molar-refractivity contribution in [3.8, 4) is 0 Å². The van der Waals surface area contributed by atoms with Crippen molar-refractivity contribution < 1.29 is 23.1 Å². The molecule has 1 spiro atoms. The third kappa shape index (κ3) is 5.36. The Bertz CT molecular complexity index is 662. The zero-order valence-corrected chi connectivity index (χ0v) is 15.7. The van der Waals surface area contributed by atoms with Gasteiger partial charge < -0.3 is 15.2 Å². The summed E-state index contributed by atoms with van der Waals surface area (Å²) in [4.78, 5) is 16.8. The van der Waals surface area contributed by atoms with Crippen molar-refractivity contribution in [2.45, 2.75) is 44.2 Å². The molecule has 0 radical (unpaired) electrons. The molecule has 146 valence electrons. The molecule has 10 heteroatoms. The molecule has 26 heavy (non-hydrogen) atoms. The topological polar surface area (TPSA) is 122 Å². The molecule has 0 aliphatic carbocycles. The molecule has 2 N–H and O–H groups in total. The van der Waals surface area contributed by atoms with Crippen LogP contribution in [0.3, 0.4) is 0 Å². The van der Waals surface area contributed by atoms with E-state index in [4.69, 9.17) is 14.6 Å². The van der Waals surface area contributed by atoms with E-state index in [1.165, 1.54) is 0 Å². The van der Waals surface area contributed by atoms with Crippen LogP contribution < -0.4 is 5.32 Å². The molecule has 9 nitrogen and oxygen atoms in total. The highest BCUT2D eigenvalue weighted by Crippen LogP contribution is 2.36. The maximum absolute atomic E-state index is 12.0. The zero-order chi connectivity index (χ0) is 19.0. The Balaban J connectivity index is 0.000000758. The summed E-state index contributed by atoms with van der Waals surface area (Å²) in [6.07, 6.45) is 6.72. The fraction of sp³-hybridized carbons (Fsp3) is 0.688. The average Bonchev–Trinajstić information content (AvgIpc) is 2.64. The molecule has 2 aliphatic rings. The number of carbonyl (C=O) groups is 1. The van der Waals surface area contributed by atoms with Gasteiger partial charge in [0.05, 0.1) is 11.4 Å². The predicted molar refractivity (Wildman–Crippen MR) is 96.3 cm³/mol. The Hall–Kier alpha value is -1.78. The lowest BCUT2D eigenvalue weighted by Gasteiger charge is -2.45. The number of aromatic nitrogens is 2. The van der Waals surface area contributed by atoms with Gasteiger partial charge in [-0.2, -0.15) is 0 Å². The van der Waals surface area contributed by atoms with E-state index < -0.39 is 10.0 Å². The number of hydrogen-bond acceptors (Lipinski definition) is 7. The van der Waals surface area contributed by atoms with E-state index in [0.717, 1.165) is 25.7 Å². The van der Waals surface area contributed by atoms with E-state index in [-0.39, 0.29) is 23.9 Å². The summed E-state index contributed by atoms with van der Waals surface area (Å²) in [7, 11) is -3.10. The second kappa shape index (κ2) is 9.24. The number of sulfonamides is 1. The van der Waals surface area contributed by atoms with Crippen molar-refractivity contribution in [2.24, 2.45) is 0 Å². The summed E-state index contributed by atoms with van der Waals surface area (Å²) in [6, 6.07) is 2.06. The Labute approximate surface area is 153 Å². The largest absolute Gasteiger partial charge is 0.483 e. The molecule has 1 aromatic heterocycles. The predicted octanol–water partition coefficient (Wildman–Crippen LogP) is 0.953. The van der Waals surface area contributed by atoms with Crippen LogP contribution >= 0.6 is 0 Å². The maximum atomic E-state index is 12.0. The normalized spacial score (nSPS) is 22.9. The molecular weight excluding hydrogens is 360 g/mol. The van der Waals surface area contributed by atoms with Gasteiger partial charge in [-0.25, -0.2) is 22.7 Å². The minimum atomic E-state index is -3.10. The summed E-state index contributed by atoms with van der Waals surface area (Å²) >= 11 is 0. The molecule has 3 heterocycles. The van der Waals surface area contributed by atoms with Crippen molar-refractivity contribution in [1.29, 1.82) is 0 Å². The van der Waals surface area contributed by atoms with Crippen LogP contribution in [0.5, 0.6) is 0 Å². The summed E-state index contributed by atoms with van der Waals surface area (Å²) in [5, 5.41) is 10.3. The first-order chi connectivity index (χ1) is 12.4. The van der Waals surface area contributed by atoms with E-state index in [0.29, 0.717) is 25.6 Å². The number of ether oxygens (including phenoxy) is 1. The van der Waals surface area contributed by atoms with Crippen molar-refractivity contribution in [3.63, 3.8) is 0 Å². The molecule has 0 bridgehead atoms. The number of nitrogens with one attached hydrogen (secondary N) is 1. The van der Waals surface area contributed by atoms with Gasteiger partial charge in [0.2, 0.25) is 16.0 Å². The third-order valence-electron chi connectivity index (χ3n) is 4.78. The molecule has 1 aromatic rings. The van der Waals surface area contributed by atoms with Gasteiger partial charge in [-0.3, -0.25) is 4.79 Å². The minimum absolute atomic E-state index is 0.163. The fourth-order valence-electron chi connectivity index (χ4n) is 3.41. The second-order valence-electron chi connectivity index (χ2n) is 6.34. The maximum Gasteiger partial charge on any atom is 0.290 e. The lowest BCUT2D eigenvalue weighted by molar-refractivity contribution is -0.122. The van der Waals surface area contributed by atoms with Gasteiger partial charge >= 0.3 is 0 Å². The van der Waals surface area contributed by atoms with Crippen molar-refractivity contribution >= 4 is 22.4 Å². The molecule has 1 unspecified atom stereocenters. The Morgan fingerprint density at radius 1 is 1.38 bits per heavy atom. The van der Waals surface area contributed by atoms with Crippen molar-refractivity contribution in [1.82, 2.24) is 14.3 Å². The number of carboxylic acid groups (broad SMARTS) is 1. The quantitative estimate of drug-likeness (QED) is 0.734. The van der Waals surface area contributed by atoms with Crippen LogP contribution in [0.2, 0.25) is 0 Å². The molecule has 0 aromatic carbocycles. The SMILES string of the molecule is CCS(=O)(=O)N1CCC2(CC1)CC(Nc1ncccn1)CCO2.O=CO. The van der Waals surface area contributed by atoms with Crippen LogP contribution in [0.4, 0.5) is 5.95 Å². The van der Waals surface area contributed by atoms with Crippen LogP contribution in [0, 0.1) is 0 Å². The van der Waals surface area contributed by atoms with Crippen molar-refractivity contribution in [2.75, 3.05) is 30.8 Å². The van der Waals surface area contributed by atoms with E-state index >= 15 is 0 Å². The van der Waals surface area contributed by atoms with Crippen LogP contribution in [0.1, 0.15) is 32.6 Å². The molecule has 0 amide bonds. The van der Waals surface area contributed by atoms with Gasteiger partial charge in [0.25, 0.3) is 6.47 Å². The highest BCUT2D eigenvalue weighted by molar-refractivity contribution is 7.89. The van der Waals surface area contributed by atoms with Gasteiger partial charge in [-0.1, -0.05) is 0 Å². The van der Waals surface area contributed by atoms with Gasteiger partial charge in [0.1, 0.15) is 0 Å². The molecule has 2 fully saturated rings. The Morgan fingerprint density at radius 3 is 2.58 bits per heavy atom. The van der Waals surface area contributed by atoms with Gasteiger partial charge in [0.15, 0.2) is 0 Å². The molecule has 2 aliphatic heterocycles. The average molecular weight is 386 g/mol. The summed E-state index contributed by atoms with van der Waals surface area (Å²) < 4.78 is 31.6. The monoisotopic (exact) mass is 386 g/mol. The Morgan fingerprint density at radius 2 is 2.00 bits per heavy atom. The Kier molecular flexibility index (Phi) is 7.30. The van der Waals surface area contributed by atoms with E-state index in [2.05, 4.69) is 15.3 Å². The first-order valence-electron chi connectivity index (χ1n) is 8.68. The number of rotatable bonds is 4. The smallest absolute Gasteiger partial charge is 0.290 e. The summed E-state index contributed by atoms with van der Waals surface area (Å²) in [6.45, 7) is 3.22. The minimum Gasteiger partial charge on any atom is -0.483 e. The summed E-state index contributed by atoms with van der Waals surface area (Å²) in [5.74, 6) is 0.802. The molecule has 1 atom stereocenters. The number of hydrogen-bond donors (Lipinski definition) is 2.